The van der Waals surface area contributed by atoms with Crippen LogP contribution in [0.25, 0.3) is 0 Å². The molecule has 0 bridgehead atoms. The number of likely N-dealkylation sites (N-methyl/N-ethyl adjacent to an activating group) is 1. The smallest absolute Gasteiger partial charge is 0.263 e. The summed E-state index contributed by atoms with van der Waals surface area (Å²) in [5.41, 5.74) is -1.01. The van der Waals surface area contributed by atoms with Gasteiger partial charge in [-0.25, -0.2) is 0 Å². The van der Waals surface area contributed by atoms with Crippen molar-refractivity contribution in [3.63, 3.8) is 0 Å². The molecule has 1 aromatic carbocycles. The Morgan fingerprint density at radius 1 is 1.23 bits per heavy atom. The standard InChI is InChI=1S/C20H27ClN2O3/c1-5-23(6-2)17(18-8-7-13-25-18)14-22-19(24)20(3,4)26-16-11-9-15(21)10-12-16/h7-13,17H,5-6,14H2,1-4H3,(H,22,24). The lowest BCUT2D eigenvalue weighted by molar-refractivity contribution is -0.134. The van der Waals surface area contributed by atoms with Crippen LogP contribution in [-0.4, -0.2) is 36.0 Å². The van der Waals surface area contributed by atoms with Crippen LogP contribution in [0.2, 0.25) is 5.02 Å². The van der Waals surface area contributed by atoms with Gasteiger partial charge in [-0.1, -0.05) is 25.4 Å². The fourth-order valence-corrected chi connectivity index (χ4v) is 2.93. The Hall–Kier alpha value is -1.98. The van der Waals surface area contributed by atoms with E-state index in [4.69, 9.17) is 20.8 Å². The minimum Gasteiger partial charge on any atom is -0.478 e. The molecule has 0 fully saturated rings. The van der Waals surface area contributed by atoms with Crippen LogP contribution in [0.15, 0.2) is 47.1 Å². The number of nitrogens with one attached hydrogen (secondary N) is 1. The monoisotopic (exact) mass is 378 g/mol. The van der Waals surface area contributed by atoms with Crippen molar-refractivity contribution in [2.75, 3.05) is 19.6 Å². The number of carbonyl (C=O) groups excluding carboxylic acids is 1. The molecule has 0 aliphatic rings. The minimum atomic E-state index is -1.01. The Kier molecular flexibility index (Phi) is 7.12. The maximum atomic E-state index is 12.7. The van der Waals surface area contributed by atoms with E-state index in [0.717, 1.165) is 18.8 Å². The molecular weight excluding hydrogens is 352 g/mol. The predicted molar refractivity (Wildman–Crippen MR) is 104 cm³/mol. The third kappa shape index (κ3) is 5.26. The zero-order valence-corrected chi connectivity index (χ0v) is 16.5. The van der Waals surface area contributed by atoms with Gasteiger partial charge >= 0.3 is 0 Å². The van der Waals surface area contributed by atoms with Crippen molar-refractivity contribution >= 4 is 17.5 Å². The fraction of sp³-hybridized carbons (Fsp3) is 0.450. The molecule has 1 amide bonds. The highest BCUT2D eigenvalue weighted by molar-refractivity contribution is 6.30. The second-order valence-electron chi connectivity index (χ2n) is 6.53. The highest BCUT2D eigenvalue weighted by Gasteiger charge is 2.31. The van der Waals surface area contributed by atoms with E-state index in [1.807, 2.05) is 12.1 Å². The van der Waals surface area contributed by atoms with Crippen LogP contribution in [0.4, 0.5) is 0 Å². The van der Waals surface area contributed by atoms with E-state index in [9.17, 15) is 4.79 Å². The highest BCUT2D eigenvalue weighted by atomic mass is 35.5. The number of rotatable bonds is 9. The molecule has 1 aromatic heterocycles. The first-order valence-corrected chi connectivity index (χ1v) is 9.25. The summed E-state index contributed by atoms with van der Waals surface area (Å²) in [6.45, 7) is 9.85. The second-order valence-corrected chi connectivity index (χ2v) is 6.97. The van der Waals surface area contributed by atoms with Gasteiger partial charge in [0.2, 0.25) is 0 Å². The molecule has 0 aliphatic heterocycles. The van der Waals surface area contributed by atoms with Crippen LogP contribution in [0, 0.1) is 0 Å². The van der Waals surface area contributed by atoms with Gasteiger partial charge in [0.25, 0.3) is 5.91 Å². The SMILES string of the molecule is CCN(CC)C(CNC(=O)C(C)(C)Oc1ccc(Cl)cc1)c1ccco1. The van der Waals surface area contributed by atoms with Crippen molar-refractivity contribution in [1.29, 1.82) is 0 Å². The number of amides is 1. The maximum absolute atomic E-state index is 12.7. The van der Waals surface area contributed by atoms with Crippen molar-refractivity contribution in [3.05, 3.63) is 53.4 Å². The summed E-state index contributed by atoms with van der Waals surface area (Å²) in [4.78, 5) is 14.9. The summed E-state index contributed by atoms with van der Waals surface area (Å²) in [7, 11) is 0. The Morgan fingerprint density at radius 2 is 1.88 bits per heavy atom. The van der Waals surface area contributed by atoms with Gasteiger partial charge in [0.15, 0.2) is 5.60 Å². The molecule has 2 rings (SSSR count). The van der Waals surface area contributed by atoms with Crippen molar-refractivity contribution in [2.45, 2.75) is 39.3 Å². The van der Waals surface area contributed by atoms with Gasteiger partial charge in [-0.05, 0) is 63.3 Å². The Balaban J connectivity index is 2.02. The summed E-state index contributed by atoms with van der Waals surface area (Å²) >= 11 is 5.89. The molecule has 0 radical (unpaired) electrons. The maximum Gasteiger partial charge on any atom is 0.263 e. The average molecular weight is 379 g/mol. The van der Waals surface area contributed by atoms with E-state index in [-0.39, 0.29) is 11.9 Å². The van der Waals surface area contributed by atoms with E-state index < -0.39 is 5.60 Å². The highest BCUT2D eigenvalue weighted by Crippen LogP contribution is 2.23. The predicted octanol–water partition coefficient (Wildman–Crippen LogP) is 4.29. The van der Waals surface area contributed by atoms with Crippen molar-refractivity contribution < 1.29 is 13.9 Å². The molecular formula is C20H27ClN2O3. The zero-order valence-electron chi connectivity index (χ0n) is 15.8. The molecule has 1 atom stereocenters. The number of nitrogens with zero attached hydrogens (tertiary/aromatic N) is 1. The molecule has 0 saturated heterocycles. The van der Waals surface area contributed by atoms with Crippen LogP contribution in [0.1, 0.15) is 39.5 Å². The van der Waals surface area contributed by atoms with Crippen LogP contribution in [0.5, 0.6) is 5.75 Å². The molecule has 1 N–H and O–H groups in total. The number of furan rings is 1. The largest absolute Gasteiger partial charge is 0.478 e. The van der Waals surface area contributed by atoms with Gasteiger partial charge in [0.1, 0.15) is 11.5 Å². The van der Waals surface area contributed by atoms with Gasteiger partial charge in [-0.2, -0.15) is 0 Å². The summed E-state index contributed by atoms with van der Waals surface area (Å²) in [5.74, 6) is 1.25. The third-order valence-corrected chi connectivity index (χ3v) is 4.57. The first-order chi connectivity index (χ1) is 12.4. The van der Waals surface area contributed by atoms with Gasteiger partial charge in [-0.15, -0.1) is 0 Å². The first-order valence-electron chi connectivity index (χ1n) is 8.87. The van der Waals surface area contributed by atoms with Crippen LogP contribution in [-0.2, 0) is 4.79 Å². The summed E-state index contributed by atoms with van der Waals surface area (Å²) in [6.07, 6.45) is 1.65. The van der Waals surface area contributed by atoms with Crippen LogP contribution in [0.3, 0.4) is 0 Å². The van der Waals surface area contributed by atoms with Crippen molar-refractivity contribution in [3.8, 4) is 5.75 Å². The second kappa shape index (κ2) is 9.10. The van der Waals surface area contributed by atoms with E-state index in [1.54, 1.807) is 44.4 Å². The first kappa shape index (κ1) is 20.3. The van der Waals surface area contributed by atoms with E-state index >= 15 is 0 Å². The molecule has 0 aliphatic carbocycles. The normalized spacial score (nSPS) is 12.8. The molecule has 1 unspecified atom stereocenters. The summed E-state index contributed by atoms with van der Waals surface area (Å²) < 4.78 is 11.4. The fourth-order valence-electron chi connectivity index (χ4n) is 2.80. The van der Waals surface area contributed by atoms with Gasteiger partial charge in [0, 0.05) is 11.6 Å². The van der Waals surface area contributed by atoms with Gasteiger partial charge < -0.3 is 14.5 Å². The number of benzene rings is 1. The lowest BCUT2D eigenvalue weighted by atomic mass is 10.1. The number of ether oxygens (including phenoxy) is 1. The van der Waals surface area contributed by atoms with Gasteiger partial charge in [0.05, 0.1) is 12.3 Å². The quantitative estimate of drug-likeness (QED) is 0.707. The zero-order chi connectivity index (χ0) is 19.2. The number of carbonyl (C=O) groups is 1. The van der Waals surface area contributed by atoms with E-state index in [1.165, 1.54) is 0 Å². The van der Waals surface area contributed by atoms with Crippen molar-refractivity contribution in [2.24, 2.45) is 0 Å². The Labute approximate surface area is 160 Å². The minimum absolute atomic E-state index is 0.0183. The molecule has 6 heteroatoms. The lowest BCUT2D eigenvalue weighted by Gasteiger charge is -2.30. The summed E-state index contributed by atoms with van der Waals surface area (Å²) in [5, 5.41) is 3.63. The number of hydrogen-bond acceptors (Lipinski definition) is 4. The number of halogens is 1. The summed E-state index contributed by atoms with van der Waals surface area (Å²) in [6, 6.07) is 10.7. The molecule has 142 valence electrons. The van der Waals surface area contributed by atoms with Crippen molar-refractivity contribution in [1.82, 2.24) is 10.2 Å². The molecule has 2 aromatic rings. The topological polar surface area (TPSA) is 54.7 Å². The van der Waals surface area contributed by atoms with E-state index in [0.29, 0.717) is 17.3 Å². The lowest BCUT2D eigenvalue weighted by Crippen LogP contribution is -2.49. The molecule has 0 saturated carbocycles. The number of hydrogen-bond donors (Lipinski definition) is 1. The van der Waals surface area contributed by atoms with Crippen LogP contribution < -0.4 is 10.1 Å². The third-order valence-electron chi connectivity index (χ3n) is 4.31. The molecule has 26 heavy (non-hydrogen) atoms. The van der Waals surface area contributed by atoms with E-state index in [2.05, 4.69) is 24.1 Å². The average Bonchev–Trinajstić information content (AvgIpc) is 3.14. The molecule has 1 heterocycles. The van der Waals surface area contributed by atoms with Crippen LogP contribution >= 0.6 is 11.6 Å². The Bertz CT molecular complexity index is 680. The molecule has 0 spiro atoms. The molecule has 5 nitrogen and oxygen atoms in total. The Morgan fingerprint density at radius 3 is 2.42 bits per heavy atom. The van der Waals surface area contributed by atoms with Gasteiger partial charge in [-0.3, -0.25) is 9.69 Å².